The predicted molar refractivity (Wildman–Crippen MR) is 103 cm³/mol. The van der Waals surface area contributed by atoms with Crippen LogP contribution in [0.15, 0.2) is 29.3 Å². The van der Waals surface area contributed by atoms with Crippen LogP contribution in [0.1, 0.15) is 58.2 Å². The van der Waals surface area contributed by atoms with Gasteiger partial charge in [0, 0.05) is 16.0 Å². The maximum absolute atomic E-state index is 5.16. The second-order valence-corrected chi connectivity index (χ2v) is 7.88. The molecular weight excluding hydrogens is 328 g/mol. The molecule has 0 unspecified atom stereocenters. The summed E-state index contributed by atoms with van der Waals surface area (Å²) in [6.07, 6.45) is 0.903. The molecule has 3 heterocycles. The van der Waals surface area contributed by atoms with Crippen molar-refractivity contribution in [2.24, 2.45) is 4.99 Å². The molecule has 0 radical (unpaired) electrons. The third kappa shape index (κ3) is 2.45. The minimum absolute atomic E-state index is 0.0248. The first-order valence-electron chi connectivity index (χ1n) is 8.68. The SMILES string of the molecule is CC[C@H]1N=C(c2ccc(C)cc2)c2c(sc(C)c2C)-n2c(C)nnc21. The van der Waals surface area contributed by atoms with E-state index in [4.69, 9.17) is 4.99 Å². The van der Waals surface area contributed by atoms with Gasteiger partial charge in [0.2, 0.25) is 0 Å². The third-order valence-corrected chi connectivity index (χ3v) is 6.14. The van der Waals surface area contributed by atoms with E-state index in [0.717, 1.165) is 23.8 Å². The van der Waals surface area contributed by atoms with E-state index >= 15 is 0 Å². The van der Waals surface area contributed by atoms with E-state index in [1.54, 1.807) is 0 Å². The van der Waals surface area contributed by atoms with Gasteiger partial charge in [0.05, 0.1) is 5.71 Å². The number of aryl methyl sites for hydroxylation is 3. The molecule has 1 aliphatic heterocycles. The Morgan fingerprint density at radius 3 is 2.44 bits per heavy atom. The van der Waals surface area contributed by atoms with Gasteiger partial charge in [-0.15, -0.1) is 21.5 Å². The third-order valence-electron chi connectivity index (χ3n) is 4.95. The Bertz CT molecular complexity index is 976. The van der Waals surface area contributed by atoms with Gasteiger partial charge >= 0.3 is 0 Å². The van der Waals surface area contributed by atoms with Gasteiger partial charge in [-0.3, -0.25) is 9.56 Å². The lowest BCUT2D eigenvalue weighted by molar-refractivity contribution is 0.641. The predicted octanol–water partition coefficient (Wildman–Crippen LogP) is 4.86. The average molecular weight is 350 g/mol. The summed E-state index contributed by atoms with van der Waals surface area (Å²) in [6.45, 7) is 10.7. The van der Waals surface area contributed by atoms with E-state index in [2.05, 4.69) is 66.7 Å². The zero-order valence-electron chi connectivity index (χ0n) is 15.3. The van der Waals surface area contributed by atoms with E-state index < -0.39 is 0 Å². The van der Waals surface area contributed by atoms with Gasteiger partial charge in [-0.05, 0) is 39.7 Å². The summed E-state index contributed by atoms with van der Waals surface area (Å²) >= 11 is 1.81. The first kappa shape index (κ1) is 16.2. The molecule has 0 aliphatic carbocycles. The molecule has 25 heavy (non-hydrogen) atoms. The summed E-state index contributed by atoms with van der Waals surface area (Å²) in [5.74, 6) is 1.88. The van der Waals surface area contributed by atoms with Gasteiger partial charge in [-0.1, -0.05) is 36.8 Å². The van der Waals surface area contributed by atoms with Crippen molar-refractivity contribution < 1.29 is 0 Å². The topological polar surface area (TPSA) is 43.1 Å². The lowest BCUT2D eigenvalue weighted by Crippen LogP contribution is -2.07. The number of thiophene rings is 1. The maximum Gasteiger partial charge on any atom is 0.163 e. The number of hydrogen-bond acceptors (Lipinski definition) is 4. The quantitative estimate of drug-likeness (QED) is 0.662. The molecule has 0 amide bonds. The Balaban J connectivity index is 2.05. The van der Waals surface area contributed by atoms with Crippen LogP contribution < -0.4 is 0 Å². The van der Waals surface area contributed by atoms with Gasteiger partial charge in [0.15, 0.2) is 5.82 Å². The van der Waals surface area contributed by atoms with Gasteiger partial charge in [-0.25, -0.2) is 0 Å². The smallest absolute Gasteiger partial charge is 0.163 e. The molecule has 4 nitrogen and oxygen atoms in total. The first-order valence-corrected chi connectivity index (χ1v) is 9.50. The van der Waals surface area contributed by atoms with Crippen LogP contribution >= 0.6 is 11.3 Å². The Hall–Kier alpha value is -2.27. The van der Waals surface area contributed by atoms with Crippen LogP contribution in [-0.2, 0) is 0 Å². The zero-order valence-corrected chi connectivity index (χ0v) is 16.1. The van der Waals surface area contributed by atoms with E-state index in [1.807, 2.05) is 18.3 Å². The number of benzene rings is 1. The van der Waals surface area contributed by atoms with Crippen molar-refractivity contribution in [3.8, 4) is 5.00 Å². The largest absolute Gasteiger partial charge is 0.273 e. The van der Waals surface area contributed by atoms with Crippen molar-refractivity contribution in [3.63, 3.8) is 0 Å². The van der Waals surface area contributed by atoms with Crippen molar-refractivity contribution in [3.05, 3.63) is 63.0 Å². The second kappa shape index (κ2) is 5.92. The monoisotopic (exact) mass is 350 g/mol. The van der Waals surface area contributed by atoms with Crippen molar-refractivity contribution in [1.82, 2.24) is 14.8 Å². The molecule has 0 spiro atoms. The average Bonchev–Trinajstić information content (AvgIpc) is 3.06. The highest BCUT2D eigenvalue weighted by molar-refractivity contribution is 7.15. The summed E-state index contributed by atoms with van der Waals surface area (Å²) in [4.78, 5) is 6.48. The Morgan fingerprint density at radius 1 is 1.04 bits per heavy atom. The minimum Gasteiger partial charge on any atom is -0.273 e. The van der Waals surface area contributed by atoms with Crippen molar-refractivity contribution in [1.29, 1.82) is 0 Å². The number of hydrogen-bond donors (Lipinski definition) is 0. The van der Waals surface area contributed by atoms with Crippen LogP contribution in [0.2, 0.25) is 0 Å². The van der Waals surface area contributed by atoms with Gasteiger partial charge in [-0.2, -0.15) is 0 Å². The van der Waals surface area contributed by atoms with Crippen LogP contribution in [-0.4, -0.2) is 20.5 Å². The van der Waals surface area contributed by atoms with Crippen LogP contribution in [0.25, 0.3) is 5.00 Å². The van der Waals surface area contributed by atoms with Crippen LogP contribution in [0.5, 0.6) is 0 Å². The number of fused-ring (bicyclic) bond motifs is 3. The first-order chi connectivity index (χ1) is 12.0. The van der Waals surface area contributed by atoms with E-state index in [9.17, 15) is 0 Å². The van der Waals surface area contributed by atoms with Gasteiger partial charge in [0.25, 0.3) is 0 Å². The van der Waals surface area contributed by atoms with Gasteiger partial charge < -0.3 is 0 Å². The molecule has 0 fully saturated rings. The van der Waals surface area contributed by atoms with Crippen LogP contribution in [0.3, 0.4) is 0 Å². The summed E-state index contributed by atoms with van der Waals surface area (Å²) in [7, 11) is 0. The van der Waals surface area contributed by atoms with Crippen molar-refractivity contribution >= 4 is 17.0 Å². The number of aliphatic imine (C=N–C) groups is 1. The maximum atomic E-state index is 5.16. The van der Waals surface area contributed by atoms with Crippen LogP contribution in [0.4, 0.5) is 0 Å². The highest BCUT2D eigenvalue weighted by atomic mass is 32.1. The van der Waals surface area contributed by atoms with Gasteiger partial charge in [0.1, 0.15) is 16.9 Å². The van der Waals surface area contributed by atoms with E-state index in [-0.39, 0.29) is 6.04 Å². The molecule has 1 aromatic carbocycles. The molecule has 0 N–H and O–H groups in total. The molecule has 1 atom stereocenters. The molecule has 0 saturated carbocycles. The normalized spacial score (nSPS) is 16.2. The summed E-state index contributed by atoms with van der Waals surface area (Å²) in [6, 6.07) is 8.69. The molecule has 2 aromatic heterocycles. The molecule has 0 saturated heterocycles. The number of rotatable bonds is 2. The zero-order chi connectivity index (χ0) is 17.7. The minimum atomic E-state index is 0.0248. The van der Waals surface area contributed by atoms with Crippen molar-refractivity contribution in [2.45, 2.75) is 47.1 Å². The lowest BCUT2D eigenvalue weighted by atomic mass is 9.99. The standard InChI is InChI=1S/C20H22N4S/c1-6-16-19-23-22-14(5)24(19)20-17(12(3)13(4)25-20)18(21-16)15-9-7-11(2)8-10-15/h7-10,16H,6H2,1-5H3/t16-/m1/s1. The Labute approximate surface area is 152 Å². The number of nitrogens with zero attached hydrogens (tertiary/aromatic N) is 4. The summed E-state index contributed by atoms with van der Waals surface area (Å²) in [5, 5.41) is 9.99. The molecule has 0 bridgehead atoms. The van der Waals surface area contributed by atoms with E-state index in [0.29, 0.717) is 0 Å². The Kier molecular flexibility index (Phi) is 3.84. The fraction of sp³-hybridized carbons (Fsp3) is 0.350. The van der Waals surface area contributed by atoms with Crippen molar-refractivity contribution in [2.75, 3.05) is 0 Å². The van der Waals surface area contributed by atoms with E-state index in [1.165, 1.54) is 32.1 Å². The lowest BCUT2D eigenvalue weighted by Gasteiger charge is -2.10. The molecule has 5 heteroatoms. The molecular formula is C20H22N4S. The molecule has 128 valence electrons. The van der Waals surface area contributed by atoms with Crippen LogP contribution in [0, 0.1) is 27.7 Å². The molecule has 3 aromatic rings. The highest BCUT2D eigenvalue weighted by Crippen LogP contribution is 2.39. The fourth-order valence-electron chi connectivity index (χ4n) is 3.37. The second-order valence-electron chi connectivity index (χ2n) is 6.67. The highest BCUT2D eigenvalue weighted by Gasteiger charge is 2.30. The molecule has 4 rings (SSSR count). The fourth-order valence-corrected chi connectivity index (χ4v) is 4.59. The Morgan fingerprint density at radius 2 is 1.76 bits per heavy atom. The molecule has 1 aliphatic rings. The number of aromatic nitrogens is 3. The summed E-state index contributed by atoms with van der Waals surface area (Å²) in [5.41, 5.74) is 6.04. The summed E-state index contributed by atoms with van der Waals surface area (Å²) < 4.78 is 2.21.